The third-order valence-electron chi connectivity index (χ3n) is 2.36. The van der Waals surface area contributed by atoms with E-state index in [1.54, 1.807) is 0 Å². The number of halogens is 1. The molecule has 0 aliphatic heterocycles. The number of nitrogens with two attached hydrogens (primary N) is 1. The topological polar surface area (TPSA) is 63.8 Å². The predicted octanol–water partition coefficient (Wildman–Crippen LogP) is 3.05. The van der Waals surface area contributed by atoms with Crippen LogP contribution in [-0.2, 0) is 0 Å². The van der Waals surface area contributed by atoms with Crippen molar-refractivity contribution < 1.29 is 0 Å². The van der Waals surface area contributed by atoms with Gasteiger partial charge in [0.25, 0.3) is 0 Å². The van der Waals surface area contributed by atoms with E-state index in [0.29, 0.717) is 11.5 Å². The number of unbranched alkanes of at least 4 members (excludes halogenated alkanes) is 3. The van der Waals surface area contributed by atoms with Gasteiger partial charge in [0.05, 0.1) is 11.9 Å². The van der Waals surface area contributed by atoms with Crippen LogP contribution in [0.25, 0.3) is 0 Å². The van der Waals surface area contributed by atoms with Crippen molar-refractivity contribution >= 4 is 34.9 Å². The van der Waals surface area contributed by atoms with Gasteiger partial charge in [0.1, 0.15) is 0 Å². The second-order valence-corrected chi connectivity index (χ2v) is 5.10. The molecule has 6 heteroatoms. The molecule has 0 fully saturated rings. The minimum atomic E-state index is 0.224. The monoisotopic (exact) mass is 274 g/mol. The molecule has 3 N–H and O–H groups in total. The van der Waals surface area contributed by atoms with Crippen LogP contribution in [0.1, 0.15) is 25.7 Å². The highest BCUT2D eigenvalue weighted by Crippen LogP contribution is 2.15. The normalized spacial score (nSPS) is 10.5. The Labute approximate surface area is 112 Å². The van der Waals surface area contributed by atoms with Crippen LogP contribution in [0.5, 0.6) is 0 Å². The molecule has 4 nitrogen and oxygen atoms in total. The summed E-state index contributed by atoms with van der Waals surface area (Å²) in [5, 5.41) is 3.40. The average molecular weight is 275 g/mol. The first-order chi connectivity index (χ1) is 8.24. The zero-order valence-electron chi connectivity index (χ0n) is 10.1. The lowest BCUT2D eigenvalue weighted by molar-refractivity contribution is 0.688. The highest BCUT2D eigenvalue weighted by Gasteiger charge is 2.01. The number of thioether (sulfide) groups is 1. The summed E-state index contributed by atoms with van der Waals surface area (Å²) in [6.07, 6.45) is 8.59. The maximum absolute atomic E-state index is 5.72. The Bertz CT molecular complexity index is 335. The molecule has 0 atom stereocenters. The van der Waals surface area contributed by atoms with Crippen LogP contribution < -0.4 is 11.1 Å². The van der Waals surface area contributed by atoms with Gasteiger partial charge < -0.3 is 11.1 Å². The SMILES string of the molecule is CSCCCCCCNc1nc(Cl)ncc1N. The largest absolute Gasteiger partial charge is 0.394 e. The minimum Gasteiger partial charge on any atom is -0.394 e. The molecule has 0 radical (unpaired) electrons. The molecule has 17 heavy (non-hydrogen) atoms. The highest BCUT2D eigenvalue weighted by molar-refractivity contribution is 7.98. The van der Waals surface area contributed by atoms with Crippen molar-refractivity contribution in [2.45, 2.75) is 25.7 Å². The summed E-state index contributed by atoms with van der Waals surface area (Å²) in [5.74, 6) is 1.89. The third-order valence-corrected chi connectivity index (χ3v) is 3.23. The molecule has 0 unspecified atom stereocenters. The van der Waals surface area contributed by atoms with E-state index < -0.39 is 0 Å². The Kier molecular flexibility index (Phi) is 7.12. The number of nitrogens with one attached hydrogen (secondary N) is 1. The zero-order valence-corrected chi connectivity index (χ0v) is 11.7. The number of nitrogen functional groups attached to an aromatic ring is 1. The van der Waals surface area contributed by atoms with Crippen LogP contribution >= 0.6 is 23.4 Å². The van der Waals surface area contributed by atoms with E-state index >= 15 is 0 Å². The first-order valence-electron chi connectivity index (χ1n) is 5.75. The van der Waals surface area contributed by atoms with E-state index in [4.69, 9.17) is 17.3 Å². The van der Waals surface area contributed by atoms with Gasteiger partial charge in [-0.3, -0.25) is 0 Å². The summed E-state index contributed by atoms with van der Waals surface area (Å²) < 4.78 is 0. The Hall–Kier alpha value is -0.680. The molecule has 1 aromatic heterocycles. The van der Waals surface area contributed by atoms with Gasteiger partial charge in [0.2, 0.25) is 5.28 Å². The molecule has 1 rings (SSSR count). The first kappa shape index (κ1) is 14.4. The first-order valence-corrected chi connectivity index (χ1v) is 7.52. The van der Waals surface area contributed by atoms with Crippen molar-refractivity contribution in [3.63, 3.8) is 0 Å². The second kappa shape index (κ2) is 8.42. The van der Waals surface area contributed by atoms with Crippen LogP contribution in [0.15, 0.2) is 6.20 Å². The number of nitrogens with zero attached hydrogens (tertiary/aromatic N) is 2. The molecule has 0 amide bonds. The van der Waals surface area contributed by atoms with Crippen molar-refractivity contribution in [2.75, 3.05) is 29.6 Å². The Morgan fingerprint density at radius 2 is 2.12 bits per heavy atom. The van der Waals surface area contributed by atoms with Gasteiger partial charge in [0, 0.05) is 6.54 Å². The van der Waals surface area contributed by atoms with Crippen molar-refractivity contribution in [1.82, 2.24) is 9.97 Å². The quantitative estimate of drug-likeness (QED) is 0.563. The number of anilines is 2. The Morgan fingerprint density at radius 1 is 1.35 bits per heavy atom. The number of aromatic nitrogens is 2. The van der Waals surface area contributed by atoms with Gasteiger partial charge in [-0.25, -0.2) is 4.98 Å². The number of hydrogen-bond donors (Lipinski definition) is 2. The highest BCUT2D eigenvalue weighted by atomic mass is 35.5. The Balaban J connectivity index is 2.15. The number of hydrogen-bond acceptors (Lipinski definition) is 5. The molecule has 0 spiro atoms. The van der Waals surface area contributed by atoms with Crippen LogP contribution in [0, 0.1) is 0 Å². The van der Waals surface area contributed by atoms with Gasteiger partial charge in [-0.1, -0.05) is 12.8 Å². The minimum absolute atomic E-state index is 0.224. The van der Waals surface area contributed by atoms with E-state index in [9.17, 15) is 0 Å². The molecule has 0 aliphatic carbocycles. The predicted molar refractivity (Wildman–Crippen MR) is 76.8 cm³/mol. The summed E-state index contributed by atoms with van der Waals surface area (Å²) >= 11 is 7.60. The van der Waals surface area contributed by atoms with Crippen molar-refractivity contribution in [2.24, 2.45) is 0 Å². The standard InChI is InChI=1S/C11H19ClN4S/c1-17-7-5-3-2-4-6-14-10-9(13)8-15-11(12)16-10/h8H,2-7,13H2,1H3,(H,14,15,16). The molecule has 0 aromatic carbocycles. The lowest BCUT2D eigenvalue weighted by Crippen LogP contribution is -2.07. The summed E-state index contributed by atoms with van der Waals surface area (Å²) in [6.45, 7) is 0.872. The van der Waals surface area contributed by atoms with Crippen molar-refractivity contribution in [3.05, 3.63) is 11.5 Å². The molecule has 0 bridgehead atoms. The number of rotatable bonds is 8. The fourth-order valence-corrected chi connectivity index (χ4v) is 2.07. The van der Waals surface area contributed by atoms with Crippen LogP contribution in [0.4, 0.5) is 11.5 Å². The van der Waals surface area contributed by atoms with Crippen LogP contribution in [-0.4, -0.2) is 28.5 Å². The van der Waals surface area contributed by atoms with Gasteiger partial charge >= 0.3 is 0 Å². The molecule has 0 saturated heterocycles. The van der Waals surface area contributed by atoms with Crippen LogP contribution in [0.3, 0.4) is 0 Å². The van der Waals surface area contributed by atoms with E-state index in [1.165, 1.54) is 31.2 Å². The molecule has 1 aromatic rings. The molecular formula is C11H19ClN4S. The molecule has 0 saturated carbocycles. The average Bonchev–Trinajstić information content (AvgIpc) is 2.32. The summed E-state index contributed by atoms with van der Waals surface area (Å²) in [5.41, 5.74) is 6.26. The zero-order chi connectivity index (χ0) is 12.5. The molecule has 1 heterocycles. The maximum atomic E-state index is 5.72. The second-order valence-electron chi connectivity index (χ2n) is 3.78. The van der Waals surface area contributed by atoms with E-state index in [2.05, 4.69) is 21.5 Å². The molecule has 0 aliphatic rings. The lowest BCUT2D eigenvalue weighted by atomic mass is 10.2. The summed E-state index contributed by atoms with van der Waals surface area (Å²) in [6, 6.07) is 0. The Morgan fingerprint density at radius 3 is 2.88 bits per heavy atom. The molecule has 96 valence electrons. The van der Waals surface area contributed by atoms with Crippen LogP contribution in [0.2, 0.25) is 5.28 Å². The van der Waals surface area contributed by atoms with Gasteiger partial charge in [-0.15, -0.1) is 0 Å². The maximum Gasteiger partial charge on any atom is 0.224 e. The van der Waals surface area contributed by atoms with Gasteiger partial charge in [-0.2, -0.15) is 16.7 Å². The molecular weight excluding hydrogens is 256 g/mol. The smallest absolute Gasteiger partial charge is 0.224 e. The fourth-order valence-electron chi connectivity index (χ4n) is 1.44. The van der Waals surface area contributed by atoms with E-state index in [-0.39, 0.29) is 5.28 Å². The lowest BCUT2D eigenvalue weighted by Gasteiger charge is -2.07. The third kappa shape index (κ3) is 5.98. The van der Waals surface area contributed by atoms with Gasteiger partial charge in [0.15, 0.2) is 5.82 Å². The van der Waals surface area contributed by atoms with Gasteiger partial charge in [-0.05, 0) is 36.5 Å². The van der Waals surface area contributed by atoms with Crippen molar-refractivity contribution in [1.29, 1.82) is 0 Å². The van der Waals surface area contributed by atoms with Crippen molar-refractivity contribution in [3.8, 4) is 0 Å². The van der Waals surface area contributed by atoms with E-state index in [0.717, 1.165) is 13.0 Å². The summed E-state index contributed by atoms with van der Waals surface area (Å²) in [4.78, 5) is 7.84. The van der Waals surface area contributed by atoms with E-state index in [1.807, 2.05) is 11.8 Å². The summed E-state index contributed by atoms with van der Waals surface area (Å²) in [7, 11) is 0. The fraction of sp³-hybridized carbons (Fsp3) is 0.636.